The number of carbonyl (C=O) groups excluding carboxylic acids is 1. The number of piperidine rings is 1. The first-order valence-corrected chi connectivity index (χ1v) is 9.94. The number of carboxylic acid groups (broad SMARTS) is 1. The van der Waals surface area contributed by atoms with Gasteiger partial charge in [0.15, 0.2) is 0 Å². The van der Waals surface area contributed by atoms with Crippen molar-refractivity contribution in [2.45, 2.75) is 44.4 Å². The largest absolute Gasteiger partial charge is 0.490 e. The maximum absolute atomic E-state index is 11.7. The molecule has 0 bridgehead atoms. The normalized spacial score (nSPS) is 18.4. The van der Waals surface area contributed by atoms with Crippen molar-refractivity contribution in [3.8, 4) is 5.88 Å². The number of amides is 2. The number of methoxy groups -OCH3 is 1. The van der Waals surface area contributed by atoms with E-state index in [1.54, 1.807) is 26.1 Å². The van der Waals surface area contributed by atoms with E-state index in [1.807, 2.05) is 12.1 Å². The van der Waals surface area contributed by atoms with E-state index in [2.05, 4.69) is 21.3 Å². The smallest absolute Gasteiger partial charge is 0.481 e. The van der Waals surface area contributed by atoms with Crippen LogP contribution in [0.3, 0.4) is 0 Å². The van der Waals surface area contributed by atoms with Crippen LogP contribution in [0.4, 0.5) is 18.0 Å². The summed E-state index contributed by atoms with van der Waals surface area (Å²) < 4.78 is 36.9. The van der Waals surface area contributed by atoms with Crippen LogP contribution in [0, 0.1) is 5.41 Å². The van der Waals surface area contributed by atoms with E-state index in [-0.39, 0.29) is 6.03 Å². The van der Waals surface area contributed by atoms with Gasteiger partial charge in [0.2, 0.25) is 5.88 Å². The van der Waals surface area contributed by atoms with Crippen LogP contribution in [0.25, 0.3) is 0 Å². The number of hydrogen-bond donors (Lipinski definition) is 2. The summed E-state index contributed by atoms with van der Waals surface area (Å²) in [7, 11) is 5.22. The molecule has 1 aromatic rings. The number of hydrogen-bond acceptors (Lipinski definition) is 5. The van der Waals surface area contributed by atoms with E-state index in [0.29, 0.717) is 17.3 Å². The number of aliphatic carboxylic acids is 1. The molecule has 2 fully saturated rings. The van der Waals surface area contributed by atoms with Crippen molar-refractivity contribution in [1.82, 2.24) is 20.1 Å². The van der Waals surface area contributed by atoms with E-state index >= 15 is 0 Å². The van der Waals surface area contributed by atoms with Crippen LogP contribution in [-0.4, -0.2) is 78.4 Å². The first-order chi connectivity index (χ1) is 14.4. The number of halogens is 3. The number of alkyl halides is 3. The molecule has 1 aliphatic carbocycles. The summed E-state index contributed by atoms with van der Waals surface area (Å²) in [4.78, 5) is 29.2. The van der Waals surface area contributed by atoms with Crippen LogP contribution in [0.1, 0.15) is 31.4 Å². The standard InChI is InChI=1S/C18H28N4O2.C2HF3O2/c1-21(2)17(23)20-15-11-18(12-15)7-9-22(10-8-18)13-14-5-4-6-16(19-14)24-3;3-2(4,5)1(6)7/h4-6,15H,7-13H2,1-3H3,(H,20,23);(H,6,7). The summed E-state index contributed by atoms with van der Waals surface area (Å²) in [6, 6.07) is 6.31. The SMILES string of the molecule is COc1cccc(CN2CCC3(CC2)CC(NC(=O)N(C)C)C3)n1.O=C(O)C(F)(F)F. The van der Waals surface area contributed by atoms with Gasteiger partial charge in [-0.25, -0.2) is 14.6 Å². The molecule has 1 aliphatic heterocycles. The molecule has 8 nitrogen and oxygen atoms in total. The highest BCUT2D eigenvalue weighted by molar-refractivity contribution is 5.74. The van der Waals surface area contributed by atoms with Crippen molar-refractivity contribution >= 4 is 12.0 Å². The summed E-state index contributed by atoms with van der Waals surface area (Å²) in [5.41, 5.74) is 1.51. The lowest BCUT2D eigenvalue weighted by Crippen LogP contribution is -2.56. The lowest BCUT2D eigenvalue weighted by molar-refractivity contribution is -0.192. The predicted molar refractivity (Wildman–Crippen MR) is 107 cm³/mol. The summed E-state index contributed by atoms with van der Waals surface area (Å²) in [6.45, 7) is 3.09. The van der Waals surface area contributed by atoms with Gasteiger partial charge < -0.3 is 20.1 Å². The third-order valence-electron chi connectivity index (χ3n) is 5.63. The zero-order valence-corrected chi connectivity index (χ0v) is 17.9. The Hall–Kier alpha value is -2.56. The molecular weight excluding hydrogens is 417 g/mol. The highest BCUT2D eigenvalue weighted by Gasteiger charge is 2.46. The number of likely N-dealkylation sites (tertiary alicyclic amines) is 1. The number of ether oxygens (including phenoxy) is 1. The fraction of sp³-hybridized carbons (Fsp3) is 0.650. The molecule has 2 amide bonds. The molecule has 0 atom stereocenters. The number of pyridine rings is 1. The van der Waals surface area contributed by atoms with Gasteiger partial charge in [-0.2, -0.15) is 13.2 Å². The van der Waals surface area contributed by atoms with Gasteiger partial charge >= 0.3 is 18.2 Å². The van der Waals surface area contributed by atoms with Crippen LogP contribution in [0.15, 0.2) is 18.2 Å². The second-order valence-corrected chi connectivity index (χ2v) is 8.20. The van der Waals surface area contributed by atoms with Crippen molar-refractivity contribution < 1.29 is 32.6 Å². The lowest BCUT2D eigenvalue weighted by Gasteiger charge is -2.52. The first kappa shape index (κ1) is 24.7. The number of nitrogens with zero attached hydrogens (tertiary/aromatic N) is 3. The number of rotatable bonds is 4. The number of aromatic nitrogens is 1. The van der Waals surface area contributed by atoms with E-state index in [9.17, 15) is 18.0 Å². The van der Waals surface area contributed by atoms with Crippen molar-refractivity contribution in [1.29, 1.82) is 0 Å². The van der Waals surface area contributed by atoms with E-state index in [0.717, 1.165) is 38.2 Å². The molecule has 0 aromatic carbocycles. The molecule has 31 heavy (non-hydrogen) atoms. The molecule has 0 radical (unpaired) electrons. The summed E-state index contributed by atoms with van der Waals surface area (Å²) >= 11 is 0. The molecule has 1 saturated heterocycles. The van der Waals surface area contributed by atoms with Crippen molar-refractivity contribution in [2.24, 2.45) is 5.41 Å². The van der Waals surface area contributed by atoms with Gasteiger partial charge in [0.05, 0.1) is 12.8 Å². The van der Waals surface area contributed by atoms with E-state index < -0.39 is 12.1 Å². The summed E-state index contributed by atoms with van der Waals surface area (Å²) in [6.07, 6.45) is -0.410. The molecule has 3 rings (SSSR count). The van der Waals surface area contributed by atoms with Gasteiger partial charge in [0.25, 0.3) is 0 Å². The Bertz CT molecular complexity index is 757. The average Bonchev–Trinajstić information content (AvgIpc) is 2.68. The van der Waals surface area contributed by atoms with Gasteiger partial charge in [-0.3, -0.25) is 4.90 Å². The third kappa shape index (κ3) is 7.27. The van der Waals surface area contributed by atoms with Gasteiger partial charge in [0, 0.05) is 32.7 Å². The predicted octanol–water partition coefficient (Wildman–Crippen LogP) is 2.74. The highest BCUT2D eigenvalue weighted by Crippen LogP contribution is 2.49. The summed E-state index contributed by atoms with van der Waals surface area (Å²) in [5.74, 6) is -2.08. The van der Waals surface area contributed by atoms with Crippen molar-refractivity contribution in [3.05, 3.63) is 23.9 Å². The number of carbonyl (C=O) groups is 2. The van der Waals surface area contributed by atoms with E-state index in [1.165, 1.54) is 12.8 Å². The topological polar surface area (TPSA) is 95.0 Å². The van der Waals surface area contributed by atoms with E-state index in [4.69, 9.17) is 14.6 Å². The first-order valence-electron chi connectivity index (χ1n) is 9.94. The molecule has 1 spiro atoms. The monoisotopic (exact) mass is 446 g/mol. The maximum atomic E-state index is 11.7. The zero-order chi connectivity index (χ0) is 23.2. The van der Waals surface area contributed by atoms with Gasteiger partial charge in [-0.1, -0.05) is 6.07 Å². The van der Waals surface area contributed by atoms with Gasteiger partial charge in [0.1, 0.15) is 0 Å². The minimum Gasteiger partial charge on any atom is -0.481 e. The van der Waals surface area contributed by atoms with Crippen LogP contribution in [0.2, 0.25) is 0 Å². The Kier molecular flexibility index (Phi) is 8.10. The quantitative estimate of drug-likeness (QED) is 0.739. The Morgan fingerprint density at radius 3 is 2.35 bits per heavy atom. The second kappa shape index (κ2) is 10.2. The minimum atomic E-state index is -5.08. The molecule has 1 aromatic heterocycles. The fourth-order valence-corrected chi connectivity index (χ4v) is 3.87. The molecular formula is C20H29F3N4O4. The van der Waals surface area contributed by atoms with Crippen LogP contribution in [0.5, 0.6) is 5.88 Å². The molecule has 1 saturated carbocycles. The minimum absolute atomic E-state index is 0.0244. The lowest BCUT2D eigenvalue weighted by atomic mass is 9.60. The van der Waals surface area contributed by atoms with Crippen molar-refractivity contribution in [2.75, 3.05) is 34.3 Å². The molecule has 11 heteroatoms. The highest BCUT2D eigenvalue weighted by atomic mass is 19.4. The van der Waals surface area contributed by atoms with Crippen molar-refractivity contribution in [3.63, 3.8) is 0 Å². The third-order valence-corrected chi connectivity index (χ3v) is 5.63. The maximum Gasteiger partial charge on any atom is 0.490 e. The molecule has 174 valence electrons. The van der Waals surface area contributed by atoms with Crippen LogP contribution in [-0.2, 0) is 11.3 Å². The van der Waals surface area contributed by atoms with Crippen LogP contribution < -0.4 is 10.1 Å². The Morgan fingerprint density at radius 2 is 1.87 bits per heavy atom. The average molecular weight is 446 g/mol. The summed E-state index contributed by atoms with van der Waals surface area (Å²) in [5, 5.41) is 10.2. The molecule has 2 N–H and O–H groups in total. The molecule has 2 heterocycles. The Balaban J connectivity index is 0.000000423. The molecule has 0 unspecified atom stereocenters. The Labute approximate surface area is 179 Å². The number of nitrogens with one attached hydrogen (secondary N) is 1. The Morgan fingerprint density at radius 1 is 1.29 bits per heavy atom. The fourth-order valence-electron chi connectivity index (χ4n) is 3.87. The zero-order valence-electron chi connectivity index (χ0n) is 17.9. The molecule has 2 aliphatic rings. The number of urea groups is 1. The van der Waals surface area contributed by atoms with Gasteiger partial charge in [-0.15, -0.1) is 0 Å². The van der Waals surface area contributed by atoms with Gasteiger partial charge in [-0.05, 0) is 50.3 Å². The van der Waals surface area contributed by atoms with Crippen LogP contribution >= 0.6 is 0 Å². The second-order valence-electron chi connectivity index (χ2n) is 8.20. The number of carboxylic acids is 1.